The first-order valence-corrected chi connectivity index (χ1v) is 16.0. The Morgan fingerprint density at radius 1 is 0.909 bits per heavy atom. The topological polar surface area (TPSA) is 56.8 Å². The molecule has 4 aromatic rings. The average Bonchev–Trinajstić information content (AvgIpc) is 3.57. The van der Waals surface area contributed by atoms with Gasteiger partial charge in [-0.05, 0) is 111 Å². The molecular weight excluding hydrogens is 557 g/mol. The summed E-state index contributed by atoms with van der Waals surface area (Å²) in [6.07, 6.45) is 7.94. The fourth-order valence-electron chi connectivity index (χ4n) is 7.04. The minimum Gasteiger partial charge on any atom is -0.358 e. The van der Waals surface area contributed by atoms with Crippen LogP contribution in [0.25, 0.3) is 28.2 Å². The number of aliphatic imine (C=N–C) groups is 1. The molecule has 1 aliphatic heterocycles. The van der Waals surface area contributed by atoms with E-state index in [9.17, 15) is 13.2 Å². The summed E-state index contributed by atoms with van der Waals surface area (Å²) < 4.78 is 40.3. The van der Waals surface area contributed by atoms with E-state index in [-0.39, 0.29) is 0 Å². The third-order valence-corrected chi connectivity index (χ3v) is 9.47. The predicted molar refractivity (Wildman–Crippen MR) is 173 cm³/mol. The van der Waals surface area contributed by atoms with Gasteiger partial charge in [0.1, 0.15) is 5.69 Å². The van der Waals surface area contributed by atoms with E-state index in [2.05, 4.69) is 72.3 Å². The highest BCUT2D eigenvalue weighted by molar-refractivity contribution is 5.81. The highest BCUT2D eigenvalue weighted by atomic mass is 19.4. The molecule has 3 aromatic heterocycles. The number of fused-ring (bicyclic) bond motifs is 1. The number of nitrogens with zero attached hydrogens (tertiary/aromatic N) is 2. The largest absolute Gasteiger partial charge is 0.433 e. The highest BCUT2D eigenvalue weighted by Gasteiger charge is 2.33. The minimum absolute atomic E-state index is 0.315. The summed E-state index contributed by atoms with van der Waals surface area (Å²) in [7, 11) is 0. The summed E-state index contributed by atoms with van der Waals surface area (Å²) in [4.78, 5) is 16.0. The van der Waals surface area contributed by atoms with Crippen LogP contribution in [0.15, 0.2) is 65.3 Å². The van der Waals surface area contributed by atoms with Crippen LogP contribution in [0.4, 0.5) is 13.2 Å². The monoisotopic (exact) mass is 598 g/mol. The number of halogens is 3. The number of alkyl halides is 3. The van der Waals surface area contributed by atoms with E-state index in [1.54, 1.807) is 6.07 Å². The molecule has 230 valence electrons. The number of hydrogen-bond acceptors (Lipinski definition) is 2. The maximum absolute atomic E-state index is 13.4. The van der Waals surface area contributed by atoms with Gasteiger partial charge in [-0.25, -0.2) is 0 Å². The van der Waals surface area contributed by atoms with E-state index in [1.165, 1.54) is 39.8 Å². The van der Waals surface area contributed by atoms with Crippen LogP contribution >= 0.6 is 0 Å². The Labute approximate surface area is 258 Å². The molecule has 2 unspecified atom stereocenters. The number of aromatic nitrogens is 3. The Morgan fingerprint density at radius 2 is 1.73 bits per heavy atom. The van der Waals surface area contributed by atoms with E-state index in [1.807, 2.05) is 6.07 Å². The molecule has 0 saturated heterocycles. The molecule has 44 heavy (non-hydrogen) atoms. The van der Waals surface area contributed by atoms with Gasteiger partial charge in [-0.1, -0.05) is 50.6 Å². The Bertz CT molecular complexity index is 1670. The van der Waals surface area contributed by atoms with Crippen molar-refractivity contribution in [2.45, 2.75) is 90.7 Å². The first-order valence-electron chi connectivity index (χ1n) is 16.0. The van der Waals surface area contributed by atoms with Gasteiger partial charge in [-0.2, -0.15) is 13.2 Å². The molecule has 1 fully saturated rings. The Kier molecular flexibility index (Phi) is 8.66. The normalized spacial score (nSPS) is 21.3. The maximum atomic E-state index is 13.4. The van der Waals surface area contributed by atoms with Gasteiger partial charge in [0.25, 0.3) is 0 Å². The third kappa shape index (κ3) is 6.19. The van der Waals surface area contributed by atoms with Gasteiger partial charge in [0, 0.05) is 46.3 Å². The fraction of sp³-hybridized carbons (Fsp3) is 0.405. The molecule has 2 N–H and O–H groups in total. The van der Waals surface area contributed by atoms with Crippen molar-refractivity contribution in [2.24, 2.45) is 10.9 Å². The highest BCUT2D eigenvalue weighted by Crippen LogP contribution is 2.41. The van der Waals surface area contributed by atoms with Crippen molar-refractivity contribution >= 4 is 11.9 Å². The summed E-state index contributed by atoms with van der Waals surface area (Å²) in [5, 5.41) is 0. The van der Waals surface area contributed by atoms with Gasteiger partial charge in [0.05, 0.1) is 5.70 Å². The first-order chi connectivity index (χ1) is 21.2. The minimum atomic E-state index is -4.49. The van der Waals surface area contributed by atoms with Crippen LogP contribution in [0.2, 0.25) is 0 Å². The van der Waals surface area contributed by atoms with E-state index < -0.39 is 11.9 Å². The molecule has 0 spiro atoms. The zero-order valence-corrected chi connectivity index (χ0v) is 25.8. The van der Waals surface area contributed by atoms with Crippen LogP contribution < -0.4 is 0 Å². The van der Waals surface area contributed by atoms with Crippen molar-refractivity contribution in [1.29, 1.82) is 0 Å². The van der Waals surface area contributed by atoms with Gasteiger partial charge < -0.3 is 9.97 Å². The molecule has 0 bridgehead atoms. The second-order valence-corrected chi connectivity index (χ2v) is 12.5. The average molecular weight is 599 g/mol. The molecule has 4 heterocycles. The lowest BCUT2D eigenvalue weighted by atomic mass is 9.83. The number of aromatic amines is 2. The SMILES string of the molecule is CCc1c(C2CCCC/C(=C3/N=CC(C)CCc4[nH]c(-c5ccnc(C(F)(F)F)c5)cc43)CC2)[nH]c(-c2ccccc2)c1C. The molecule has 0 radical (unpaired) electrons. The quantitative estimate of drug-likeness (QED) is 0.241. The van der Waals surface area contributed by atoms with Gasteiger partial charge in [-0.3, -0.25) is 9.98 Å². The predicted octanol–water partition coefficient (Wildman–Crippen LogP) is 10.5. The van der Waals surface area contributed by atoms with Gasteiger partial charge in [0.15, 0.2) is 0 Å². The maximum Gasteiger partial charge on any atom is 0.433 e. The van der Waals surface area contributed by atoms with Crippen LogP contribution in [0.3, 0.4) is 0 Å². The number of allylic oxidation sites excluding steroid dienone is 1. The smallest absolute Gasteiger partial charge is 0.358 e. The van der Waals surface area contributed by atoms with Crippen molar-refractivity contribution < 1.29 is 13.2 Å². The number of hydrogen-bond donors (Lipinski definition) is 2. The Balaban J connectivity index is 1.36. The lowest BCUT2D eigenvalue weighted by molar-refractivity contribution is -0.141. The molecular formula is C37H41F3N4. The van der Waals surface area contributed by atoms with Crippen molar-refractivity contribution in [2.75, 3.05) is 0 Å². The molecule has 2 atom stereocenters. The van der Waals surface area contributed by atoms with Crippen molar-refractivity contribution in [1.82, 2.24) is 15.0 Å². The number of rotatable bonds is 4. The van der Waals surface area contributed by atoms with Crippen molar-refractivity contribution in [3.63, 3.8) is 0 Å². The number of benzene rings is 1. The van der Waals surface area contributed by atoms with Crippen LogP contribution in [-0.4, -0.2) is 21.2 Å². The number of pyridine rings is 1. The fourth-order valence-corrected chi connectivity index (χ4v) is 7.04. The van der Waals surface area contributed by atoms with Gasteiger partial charge in [0.2, 0.25) is 0 Å². The van der Waals surface area contributed by atoms with Crippen LogP contribution in [-0.2, 0) is 19.0 Å². The van der Waals surface area contributed by atoms with E-state index in [4.69, 9.17) is 4.99 Å². The van der Waals surface area contributed by atoms with Crippen LogP contribution in [0.1, 0.15) is 98.5 Å². The van der Waals surface area contributed by atoms with Gasteiger partial charge in [-0.15, -0.1) is 0 Å². The number of aryl methyl sites for hydroxylation is 1. The molecule has 1 aromatic carbocycles. The van der Waals surface area contributed by atoms with Crippen LogP contribution in [0, 0.1) is 12.8 Å². The first kappa shape index (κ1) is 30.2. The number of H-pyrrole nitrogens is 2. The summed E-state index contributed by atoms with van der Waals surface area (Å²) >= 11 is 0. The Morgan fingerprint density at radius 3 is 2.50 bits per heavy atom. The summed E-state index contributed by atoms with van der Waals surface area (Å²) in [5.41, 5.74) is 11.3. The standard InChI is InChI=1S/C37H41F3N4/c1-4-29-24(3)34(25-10-6-5-7-11-25)44-36(29)27-13-9-8-12-26(15-16-27)35-30-21-32(43-31(30)17-14-23(2)22-42-35)28-18-19-41-33(20-28)37(38,39)40/h5-7,10-11,18-23,27,43-44H,4,8-9,12-17H2,1-3H3/b35-26-,42-22?. The van der Waals surface area contributed by atoms with E-state index in [0.29, 0.717) is 23.1 Å². The van der Waals surface area contributed by atoms with E-state index >= 15 is 0 Å². The lowest BCUT2D eigenvalue weighted by Gasteiger charge is -2.24. The Hall–Kier alpha value is -3.87. The van der Waals surface area contributed by atoms with Crippen LogP contribution in [0.5, 0.6) is 0 Å². The molecule has 4 nitrogen and oxygen atoms in total. The van der Waals surface area contributed by atoms with Crippen molar-refractivity contribution in [3.8, 4) is 22.5 Å². The zero-order valence-electron chi connectivity index (χ0n) is 25.8. The summed E-state index contributed by atoms with van der Waals surface area (Å²) in [6, 6.07) is 15.4. The molecule has 7 heteroatoms. The molecule has 2 aliphatic rings. The second-order valence-electron chi connectivity index (χ2n) is 12.5. The number of nitrogens with one attached hydrogen (secondary N) is 2. The summed E-state index contributed by atoms with van der Waals surface area (Å²) in [6.45, 7) is 6.67. The molecule has 1 aliphatic carbocycles. The van der Waals surface area contributed by atoms with Crippen molar-refractivity contribution in [3.05, 3.63) is 94.1 Å². The second kappa shape index (κ2) is 12.6. The van der Waals surface area contributed by atoms with E-state index in [0.717, 1.165) is 80.8 Å². The summed E-state index contributed by atoms with van der Waals surface area (Å²) in [5.74, 6) is 0.752. The zero-order chi connectivity index (χ0) is 30.8. The molecule has 0 amide bonds. The van der Waals surface area contributed by atoms with Gasteiger partial charge >= 0.3 is 6.18 Å². The molecule has 1 saturated carbocycles. The third-order valence-electron chi connectivity index (χ3n) is 9.47. The lowest BCUT2D eigenvalue weighted by Crippen LogP contribution is -2.09. The molecule has 6 rings (SSSR count).